The molecule has 2 aromatic rings. The largest absolute Gasteiger partial charge is 0.352 e. The Kier molecular flexibility index (Phi) is 3.76. The standard InChI is InChI=1S/C18H18N2S/c1-12-8-10-15(11-9-12)17-13(2)16(19-18(21)20-17)14-6-4-3-5-7-14/h3-11,17H,1-2H3,(H2,19,20,21). The lowest BCUT2D eigenvalue weighted by atomic mass is 9.94. The molecule has 21 heavy (non-hydrogen) atoms. The van der Waals surface area contributed by atoms with E-state index in [0.717, 1.165) is 11.3 Å². The number of aryl methyl sites for hydroxylation is 1. The van der Waals surface area contributed by atoms with Crippen LogP contribution in [0.5, 0.6) is 0 Å². The summed E-state index contributed by atoms with van der Waals surface area (Å²) >= 11 is 5.38. The third-order valence-corrected chi connectivity index (χ3v) is 4.03. The normalized spacial score (nSPS) is 18.2. The van der Waals surface area contributed by atoms with Gasteiger partial charge in [0.25, 0.3) is 0 Å². The number of nitrogens with one attached hydrogen (secondary N) is 2. The van der Waals surface area contributed by atoms with E-state index in [0.29, 0.717) is 5.11 Å². The van der Waals surface area contributed by atoms with Gasteiger partial charge < -0.3 is 10.6 Å². The van der Waals surface area contributed by atoms with Crippen LogP contribution < -0.4 is 10.6 Å². The minimum absolute atomic E-state index is 0.120. The minimum atomic E-state index is 0.120. The maximum Gasteiger partial charge on any atom is 0.171 e. The van der Waals surface area contributed by atoms with Crippen molar-refractivity contribution >= 4 is 23.0 Å². The monoisotopic (exact) mass is 294 g/mol. The molecule has 0 radical (unpaired) electrons. The Morgan fingerprint density at radius 3 is 2.24 bits per heavy atom. The van der Waals surface area contributed by atoms with Gasteiger partial charge in [0.05, 0.1) is 6.04 Å². The van der Waals surface area contributed by atoms with E-state index in [-0.39, 0.29) is 6.04 Å². The van der Waals surface area contributed by atoms with Gasteiger partial charge >= 0.3 is 0 Å². The zero-order valence-electron chi connectivity index (χ0n) is 12.2. The van der Waals surface area contributed by atoms with Crippen molar-refractivity contribution < 1.29 is 0 Å². The third kappa shape index (κ3) is 2.83. The van der Waals surface area contributed by atoms with Crippen molar-refractivity contribution in [1.29, 1.82) is 0 Å². The lowest BCUT2D eigenvalue weighted by molar-refractivity contribution is 0.718. The molecule has 3 heteroatoms. The number of thiocarbonyl (C=S) groups is 1. The molecule has 2 nitrogen and oxygen atoms in total. The smallest absolute Gasteiger partial charge is 0.171 e. The highest BCUT2D eigenvalue weighted by Crippen LogP contribution is 2.30. The molecule has 1 aliphatic heterocycles. The Morgan fingerprint density at radius 1 is 0.905 bits per heavy atom. The summed E-state index contributed by atoms with van der Waals surface area (Å²) in [5, 5.41) is 7.33. The van der Waals surface area contributed by atoms with Crippen molar-refractivity contribution in [3.63, 3.8) is 0 Å². The van der Waals surface area contributed by atoms with Crippen molar-refractivity contribution in [1.82, 2.24) is 10.6 Å². The van der Waals surface area contributed by atoms with Crippen LogP contribution >= 0.6 is 12.2 Å². The van der Waals surface area contributed by atoms with Gasteiger partial charge in [0.1, 0.15) is 0 Å². The molecular weight excluding hydrogens is 276 g/mol. The van der Waals surface area contributed by atoms with Gasteiger partial charge in [-0.2, -0.15) is 0 Å². The van der Waals surface area contributed by atoms with E-state index in [4.69, 9.17) is 12.2 Å². The molecule has 2 aromatic carbocycles. The van der Waals surface area contributed by atoms with Crippen LogP contribution in [0.1, 0.15) is 29.7 Å². The summed E-state index contributed by atoms with van der Waals surface area (Å²) in [7, 11) is 0. The van der Waals surface area contributed by atoms with Crippen molar-refractivity contribution in [3.8, 4) is 0 Å². The number of hydrogen-bond donors (Lipinski definition) is 2. The fourth-order valence-corrected chi connectivity index (χ4v) is 2.85. The van der Waals surface area contributed by atoms with E-state index >= 15 is 0 Å². The highest BCUT2D eigenvalue weighted by Gasteiger charge is 2.23. The molecule has 0 aromatic heterocycles. The molecule has 1 aliphatic rings. The second-order valence-electron chi connectivity index (χ2n) is 5.37. The Balaban J connectivity index is 2.05. The van der Waals surface area contributed by atoms with Crippen LogP contribution in [0.25, 0.3) is 5.70 Å². The Bertz CT molecular complexity index is 687. The first kappa shape index (κ1) is 13.8. The van der Waals surface area contributed by atoms with E-state index in [2.05, 4.69) is 60.9 Å². The van der Waals surface area contributed by atoms with Crippen LogP contribution in [-0.4, -0.2) is 5.11 Å². The molecule has 0 bridgehead atoms. The Morgan fingerprint density at radius 2 is 1.57 bits per heavy atom. The summed E-state index contributed by atoms with van der Waals surface area (Å²) in [5.41, 5.74) is 6.01. The average molecular weight is 294 g/mol. The molecule has 0 amide bonds. The SMILES string of the molecule is CC1=C(c2ccccc2)NC(=S)NC1c1ccc(C)cc1. The van der Waals surface area contributed by atoms with Gasteiger partial charge in [0.15, 0.2) is 5.11 Å². The minimum Gasteiger partial charge on any atom is -0.352 e. The van der Waals surface area contributed by atoms with Crippen molar-refractivity contribution in [2.45, 2.75) is 19.9 Å². The molecule has 1 heterocycles. The molecule has 0 spiro atoms. The second-order valence-corrected chi connectivity index (χ2v) is 5.77. The maximum absolute atomic E-state index is 5.38. The molecule has 2 N–H and O–H groups in total. The molecule has 3 rings (SSSR count). The van der Waals surface area contributed by atoms with E-state index in [1.165, 1.54) is 16.7 Å². The average Bonchev–Trinajstić information content (AvgIpc) is 2.51. The van der Waals surface area contributed by atoms with E-state index < -0.39 is 0 Å². The molecule has 1 unspecified atom stereocenters. The molecule has 0 saturated carbocycles. The Labute approximate surface area is 130 Å². The lowest BCUT2D eigenvalue weighted by Crippen LogP contribution is -2.42. The number of benzene rings is 2. The topological polar surface area (TPSA) is 24.1 Å². The highest BCUT2D eigenvalue weighted by molar-refractivity contribution is 7.80. The first-order valence-electron chi connectivity index (χ1n) is 7.05. The summed E-state index contributed by atoms with van der Waals surface area (Å²) in [6, 6.07) is 19.0. The molecule has 1 atom stereocenters. The van der Waals surface area contributed by atoms with Gasteiger partial charge in [-0.05, 0) is 42.8 Å². The van der Waals surface area contributed by atoms with Gasteiger partial charge in [0, 0.05) is 5.70 Å². The van der Waals surface area contributed by atoms with Gasteiger partial charge in [0.2, 0.25) is 0 Å². The predicted octanol–water partition coefficient (Wildman–Crippen LogP) is 3.95. The van der Waals surface area contributed by atoms with Gasteiger partial charge in [-0.1, -0.05) is 60.2 Å². The number of rotatable bonds is 2. The van der Waals surface area contributed by atoms with Gasteiger partial charge in [-0.3, -0.25) is 0 Å². The zero-order valence-corrected chi connectivity index (χ0v) is 13.0. The molecule has 0 saturated heterocycles. The maximum atomic E-state index is 5.38. The van der Waals surface area contributed by atoms with E-state index in [1.807, 2.05) is 18.2 Å². The fourth-order valence-electron chi connectivity index (χ4n) is 2.63. The highest BCUT2D eigenvalue weighted by atomic mass is 32.1. The first-order valence-corrected chi connectivity index (χ1v) is 7.46. The van der Waals surface area contributed by atoms with Crippen LogP contribution in [0.2, 0.25) is 0 Å². The van der Waals surface area contributed by atoms with Crippen LogP contribution in [0.15, 0.2) is 60.2 Å². The summed E-state index contributed by atoms with van der Waals surface area (Å²) in [6.45, 7) is 4.25. The van der Waals surface area contributed by atoms with Crippen molar-refractivity contribution in [3.05, 3.63) is 76.9 Å². The van der Waals surface area contributed by atoms with Crippen LogP contribution in [0.3, 0.4) is 0 Å². The molecule has 0 fully saturated rings. The van der Waals surface area contributed by atoms with Gasteiger partial charge in [-0.25, -0.2) is 0 Å². The van der Waals surface area contributed by atoms with E-state index in [1.54, 1.807) is 0 Å². The van der Waals surface area contributed by atoms with Crippen molar-refractivity contribution in [2.75, 3.05) is 0 Å². The lowest BCUT2D eigenvalue weighted by Gasteiger charge is -2.31. The summed E-state index contributed by atoms with van der Waals surface area (Å²) in [4.78, 5) is 0. The predicted molar refractivity (Wildman–Crippen MR) is 91.8 cm³/mol. The van der Waals surface area contributed by atoms with Crippen molar-refractivity contribution in [2.24, 2.45) is 0 Å². The first-order chi connectivity index (χ1) is 10.1. The van der Waals surface area contributed by atoms with E-state index in [9.17, 15) is 0 Å². The zero-order chi connectivity index (χ0) is 14.8. The van der Waals surface area contributed by atoms with Crippen LogP contribution in [0, 0.1) is 6.92 Å². The van der Waals surface area contributed by atoms with Gasteiger partial charge in [-0.15, -0.1) is 0 Å². The second kappa shape index (κ2) is 5.70. The third-order valence-electron chi connectivity index (χ3n) is 3.81. The quantitative estimate of drug-likeness (QED) is 0.820. The summed E-state index contributed by atoms with van der Waals surface area (Å²) < 4.78 is 0. The van der Waals surface area contributed by atoms with Crippen LogP contribution in [0.4, 0.5) is 0 Å². The molecular formula is C18H18N2S. The Hall–Kier alpha value is -2.13. The fraction of sp³-hybridized carbons (Fsp3) is 0.167. The summed E-state index contributed by atoms with van der Waals surface area (Å²) in [6.07, 6.45) is 0. The molecule has 106 valence electrons. The molecule has 0 aliphatic carbocycles. The van der Waals surface area contributed by atoms with Crippen LogP contribution in [-0.2, 0) is 0 Å². The summed E-state index contributed by atoms with van der Waals surface area (Å²) in [5.74, 6) is 0. The number of hydrogen-bond acceptors (Lipinski definition) is 1.